The average molecular weight is 766 g/mol. The van der Waals surface area contributed by atoms with E-state index in [-0.39, 0.29) is 0 Å². The van der Waals surface area contributed by atoms with Crippen LogP contribution in [0, 0.1) is 0 Å². The molecule has 5 heterocycles. The van der Waals surface area contributed by atoms with Crippen LogP contribution in [-0.4, -0.2) is 45.6 Å². The summed E-state index contributed by atoms with van der Waals surface area (Å²) in [6.07, 6.45) is 2.74. The van der Waals surface area contributed by atoms with Crippen molar-refractivity contribution in [2.75, 3.05) is 0 Å². The molecule has 9 rings (SSSR count). The van der Waals surface area contributed by atoms with E-state index in [1.807, 2.05) is 69.8 Å². The Hall–Kier alpha value is -4.13. The van der Waals surface area contributed by atoms with E-state index in [0.717, 1.165) is 57.0 Å². The predicted molar refractivity (Wildman–Crippen MR) is 187 cm³/mol. The van der Waals surface area contributed by atoms with Crippen LogP contribution in [0.25, 0.3) is 43.6 Å². The van der Waals surface area contributed by atoms with E-state index in [0.29, 0.717) is 35.0 Å². The summed E-state index contributed by atoms with van der Waals surface area (Å²) in [5.41, 5.74) is 4.21. The van der Waals surface area contributed by atoms with Crippen molar-refractivity contribution in [3.63, 3.8) is 0 Å². The van der Waals surface area contributed by atoms with Crippen molar-refractivity contribution in [3.8, 4) is 0 Å². The number of nitrogens with zero attached hydrogens (tertiary/aromatic N) is 7. The summed E-state index contributed by atoms with van der Waals surface area (Å²) < 4.78 is 21.9. The van der Waals surface area contributed by atoms with Gasteiger partial charge in [-0.3, -0.25) is 9.13 Å². The molecule has 3 aliphatic heterocycles. The van der Waals surface area contributed by atoms with Crippen molar-refractivity contribution in [1.82, 2.24) is 14.0 Å². The van der Waals surface area contributed by atoms with Gasteiger partial charge in [-0.1, -0.05) is 65.4 Å². The van der Waals surface area contributed by atoms with Crippen molar-refractivity contribution in [3.05, 3.63) is 110 Å². The zero-order chi connectivity index (χ0) is 29.9. The maximum Gasteiger partial charge on any atom is 0.243 e. The van der Waals surface area contributed by atoms with E-state index in [1.54, 1.807) is 4.90 Å². The monoisotopic (exact) mass is 763 g/mol. The number of rotatable bonds is 0. The number of allylic oxidation sites excluding steroid dienone is 2. The molecule has 208 valence electrons. The molecule has 0 N–H and O–H groups in total. The molecule has 0 fully saturated rings. The van der Waals surface area contributed by atoms with E-state index < -0.39 is 5.83 Å². The predicted octanol–water partition coefficient (Wildman–Crippen LogP) is 7.88. The molecule has 0 saturated heterocycles. The Balaban J connectivity index is 1.32. The van der Waals surface area contributed by atoms with Gasteiger partial charge in [-0.25, -0.2) is 9.29 Å². The highest BCUT2D eigenvalue weighted by atomic mass is 79.9. The van der Waals surface area contributed by atoms with Crippen LogP contribution in [0.15, 0.2) is 130 Å². The van der Waals surface area contributed by atoms with Gasteiger partial charge in [0.05, 0.1) is 22.1 Å². The Kier molecular flexibility index (Phi) is 5.64. The van der Waals surface area contributed by atoms with Gasteiger partial charge in [-0.05, 0) is 60.7 Å². The zero-order valence-electron chi connectivity index (χ0n) is 22.3. The normalized spacial score (nSPS) is 16.1. The maximum atomic E-state index is 15.2. The molecule has 0 saturated carbocycles. The highest BCUT2D eigenvalue weighted by Crippen LogP contribution is 2.36. The average Bonchev–Trinajstić information content (AvgIpc) is 3.48. The minimum Gasteiger partial charge on any atom is -0.278 e. The molecule has 2 radical (unpaired) electrons. The minimum absolute atomic E-state index is 0.330. The second kappa shape index (κ2) is 9.44. The van der Waals surface area contributed by atoms with Crippen LogP contribution < -0.4 is 5.46 Å². The first kappa shape index (κ1) is 26.3. The molecule has 6 aromatic rings. The summed E-state index contributed by atoms with van der Waals surface area (Å²) in [4.78, 5) is 21.3. The highest BCUT2D eigenvalue weighted by Gasteiger charge is 2.34. The molecule has 3 aliphatic rings. The number of aromatic nitrogens is 2. The Bertz CT molecular complexity index is 2270. The van der Waals surface area contributed by atoms with Crippen LogP contribution in [0.5, 0.6) is 0 Å². The summed E-state index contributed by atoms with van der Waals surface area (Å²) in [7, 11) is 6.19. The third-order valence-electron chi connectivity index (χ3n) is 7.86. The van der Waals surface area contributed by atoms with Crippen molar-refractivity contribution in [2.24, 2.45) is 20.0 Å². The first-order valence-corrected chi connectivity index (χ1v) is 15.8. The highest BCUT2D eigenvalue weighted by molar-refractivity contribution is 9.11. The third kappa shape index (κ3) is 3.84. The molecule has 0 amide bonds. The lowest BCUT2D eigenvalue weighted by Crippen LogP contribution is -2.43. The van der Waals surface area contributed by atoms with Crippen LogP contribution in [0.2, 0.25) is 0 Å². The number of hydrogen-bond acceptors (Lipinski definition) is 5. The number of amidine groups is 1. The lowest BCUT2D eigenvalue weighted by Gasteiger charge is -2.32. The largest absolute Gasteiger partial charge is 0.278 e. The summed E-state index contributed by atoms with van der Waals surface area (Å²) >= 11 is 10.8. The van der Waals surface area contributed by atoms with E-state index in [1.165, 1.54) is 12.2 Å². The number of guanidine groups is 1. The third-order valence-corrected chi connectivity index (χ3v) is 9.34. The molecule has 7 nitrogen and oxygen atoms in total. The van der Waals surface area contributed by atoms with E-state index in [9.17, 15) is 0 Å². The number of fused-ring (bicyclic) bond motifs is 6. The van der Waals surface area contributed by atoms with Crippen LogP contribution in [-0.2, 0) is 0 Å². The van der Waals surface area contributed by atoms with Crippen molar-refractivity contribution in [1.29, 1.82) is 0 Å². The Morgan fingerprint density at radius 3 is 1.59 bits per heavy atom. The van der Waals surface area contributed by atoms with Crippen molar-refractivity contribution in [2.45, 2.75) is 0 Å². The summed E-state index contributed by atoms with van der Waals surface area (Å²) in [5.74, 6) is 1.26. The SMILES string of the molecule is [B]c1ccc2c(c1)c1cc(Br)ccc1n2C1=NC2=NC(n3c4ccc(Br)cc4c4cc(Br)ccc43)=NC3=CC(F)=CC(=N1)N32. The van der Waals surface area contributed by atoms with Gasteiger partial charge in [0.25, 0.3) is 0 Å². The molecule has 44 heavy (non-hydrogen) atoms. The van der Waals surface area contributed by atoms with Gasteiger partial charge in [0.2, 0.25) is 17.9 Å². The molecule has 0 bridgehead atoms. The maximum absolute atomic E-state index is 15.2. The second-order valence-electron chi connectivity index (χ2n) is 10.5. The number of aliphatic imine (C=N–C) groups is 4. The molecule has 0 unspecified atom stereocenters. The van der Waals surface area contributed by atoms with Crippen LogP contribution >= 0.6 is 47.8 Å². The Morgan fingerprint density at radius 2 is 1.02 bits per heavy atom. The first-order chi connectivity index (χ1) is 21.3. The van der Waals surface area contributed by atoms with Crippen LogP contribution in [0.1, 0.15) is 0 Å². The van der Waals surface area contributed by atoms with E-state index >= 15 is 4.39 Å². The fraction of sp³-hybridized carbons (Fsp3) is 0. The van der Waals surface area contributed by atoms with Gasteiger partial charge in [0, 0.05) is 47.1 Å². The molecule has 12 heteroatoms. The smallest absolute Gasteiger partial charge is 0.243 e. The summed E-state index contributed by atoms with van der Waals surface area (Å²) in [6, 6.07) is 23.9. The molecule has 0 spiro atoms. The molecule has 4 aromatic carbocycles. The van der Waals surface area contributed by atoms with Crippen LogP contribution in [0.3, 0.4) is 0 Å². The lowest BCUT2D eigenvalue weighted by atomic mass is 9.94. The second-order valence-corrected chi connectivity index (χ2v) is 13.3. The van der Waals surface area contributed by atoms with E-state index in [4.69, 9.17) is 27.8 Å². The quantitative estimate of drug-likeness (QED) is 0.145. The van der Waals surface area contributed by atoms with Gasteiger partial charge >= 0.3 is 0 Å². The van der Waals surface area contributed by atoms with Gasteiger partial charge in [-0.15, -0.1) is 0 Å². The van der Waals surface area contributed by atoms with E-state index in [2.05, 4.69) is 59.9 Å². The Morgan fingerprint density at radius 1 is 0.545 bits per heavy atom. The van der Waals surface area contributed by atoms with Crippen LogP contribution in [0.4, 0.5) is 4.39 Å². The van der Waals surface area contributed by atoms with Gasteiger partial charge < -0.3 is 0 Å². The summed E-state index contributed by atoms with van der Waals surface area (Å²) in [6.45, 7) is 0. The van der Waals surface area contributed by atoms with Gasteiger partial charge in [-0.2, -0.15) is 20.0 Å². The molecular weight excluding hydrogens is 752 g/mol. The fourth-order valence-corrected chi connectivity index (χ4v) is 7.16. The van der Waals surface area contributed by atoms with Gasteiger partial charge in [0.15, 0.2) is 0 Å². The van der Waals surface area contributed by atoms with Gasteiger partial charge in [0.1, 0.15) is 25.3 Å². The number of halogens is 4. The number of hydrogen-bond donors (Lipinski definition) is 0. The first-order valence-electron chi connectivity index (χ1n) is 13.5. The minimum atomic E-state index is -0.463. The standard InChI is InChI=1S/C32H14BBr3FN7/c33-15-1-5-24-20(9-15)21-10-16(34)2-6-25(21)42(24)30-38-28-13-19(37)14-29-39-31(41-32(40-30)44(28)29)43-26-7-3-17(35)11-22(26)23-12-18(36)4-8-27(23)43/h1-14H. The summed E-state index contributed by atoms with van der Waals surface area (Å²) in [5, 5.41) is 3.98. The number of benzene rings is 4. The molecular formula is C32H14BBr3FN7. The molecule has 2 aromatic heterocycles. The van der Waals surface area contributed by atoms with Crippen molar-refractivity contribution < 1.29 is 4.39 Å². The molecule has 0 atom stereocenters. The lowest BCUT2D eigenvalue weighted by molar-refractivity contribution is 0.629. The molecule has 0 aliphatic carbocycles. The van der Waals surface area contributed by atoms with Crippen molar-refractivity contribution >= 4 is 128 Å². The Labute approximate surface area is 275 Å². The fourth-order valence-electron chi connectivity index (χ4n) is 6.07. The zero-order valence-corrected chi connectivity index (χ0v) is 27.1. The topological polar surface area (TPSA) is 62.5 Å².